The maximum absolute atomic E-state index is 5.89. The Morgan fingerprint density at radius 2 is 2.00 bits per heavy atom. The van der Waals surface area contributed by atoms with E-state index in [0.29, 0.717) is 11.3 Å². The number of rotatable bonds is 0. The maximum atomic E-state index is 5.89. The first-order valence-electron chi connectivity index (χ1n) is 6.51. The van der Waals surface area contributed by atoms with Crippen molar-refractivity contribution in [2.24, 2.45) is 17.3 Å². The van der Waals surface area contributed by atoms with Crippen molar-refractivity contribution in [2.75, 3.05) is 13.2 Å². The molecule has 3 fully saturated rings. The van der Waals surface area contributed by atoms with E-state index >= 15 is 0 Å². The van der Waals surface area contributed by atoms with E-state index in [1.807, 2.05) is 0 Å². The summed E-state index contributed by atoms with van der Waals surface area (Å²) in [6, 6.07) is 0. The minimum absolute atomic E-state index is 0.246. The van der Waals surface area contributed by atoms with Gasteiger partial charge in [-0.3, -0.25) is 0 Å². The zero-order valence-corrected chi connectivity index (χ0v) is 10.4. The lowest BCUT2D eigenvalue weighted by Crippen LogP contribution is -2.46. The van der Waals surface area contributed by atoms with Crippen molar-refractivity contribution in [1.82, 2.24) is 0 Å². The number of allylic oxidation sites excluding steroid dienone is 1. The molecule has 0 amide bonds. The standard InChI is InChI=1S/C14H22O2/c1-10-8-11(2)13(3)9-14(5-4-12(10)13)15-6-7-16-14/h11-12H,1,4-9H2,2-3H3/t11-,12+,13+/m1/s1. The fraction of sp³-hybridized carbons (Fsp3) is 0.857. The fourth-order valence-electron chi connectivity index (χ4n) is 4.19. The monoisotopic (exact) mass is 222 g/mol. The van der Waals surface area contributed by atoms with Gasteiger partial charge in [0.05, 0.1) is 13.2 Å². The van der Waals surface area contributed by atoms with Crippen molar-refractivity contribution in [2.45, 2.75) is 45.3 Å². The number of hydrogen-bond acceptors (Lipinski definition) is 2. The third kappa shape index (κ3) is 1.32. The second-order valence-electron chi connectivity index (χ2n) is 6.14. The lowest BCUT2D eigenvalue weighted by Gasteiger charge is -2.47. The molecular weight excluding hydrogens is 200 g/mol. The van der Waals surface area contributed by atoms with E-state index in [9.17, 15) is 0 Å². The molecule has 3 aliphatic rings. The highest BCUT2D eigenvalue weighted by Crippen LogP contribution is 2.60. The molecule has 90 valence electrons. The van der Waals surface area contributed by atoms with Crippen molar-refractivity contribution in [3.63, 3.8) is 0 Å². The summed E-state index contributed by atoms with van der Waals surface area (Å²) in [6.45, 7) is 10.6. The maximum Gasteiger partial charge on any atom is 0.169 e. The summed E-state index contributed by atoms with van der Waals surface area (Å²) in [4.78, 5) is 0. The van der Waals surface area contributed by atoms with Crippen molar-refractivity contribution >= 4 is 0 Å². The van der Waals surface area contributed by atoms with E-state index in [1.165, 1.54) is 18.4 Å². The van der Waals surface area contributed by atoms with Crippen LogP contribution in [0, 0.1) is 17.3 Å². The van der Waals surface area contributed by atoms with Gasteiger partial charge in [0.2, 0.25) is 0 Å². The molecule has 0 aromatic rings. The zero-order chi connectivity index (χ0) is 11.4. The first kappa shape index (κ1) is 10.8. The Hall–Kier alpha value is -0.340. The van der Waals surface area contributed by atoms with Gasteiger partial charge in [0.1, 0.15) is 0 Å². The van der Waals surface area contributed by atoms with Crippen LogP contribution in [0.3, 0.4) is 0 Å². The summed E-state index contributed by atoms with van der Waals surface area (Å²) in [5.41, 5.74) is 1.81. The Labute approximate surface area is 98.0 Å². The normalized spacial score (nSPS) is 46.2. The summed E-state index contributed by atoms with van der Waals surface area (Å²) >= 11 is 0. The molecule has 2 heteroatoms. The van der Waals surface area contributed by atoms with E-state index < -0.39 is 0 Å². The van der Waals surface area contributed by atoms with Crippen molar-refractivity contribution in [1.29, 1.82) is 0 Å². The number of ether oxygens (including phenoxy) is 2. The molecule has 0 N–H and O–H groups in total. The SMILES string of the molecule is C=C1C[C@@H](C)[C@]2(C)CC3(CC[C@@H]12)OCCO3. The Bertz CT molecular complexity index is 317. The van der Waals surface area contributed by atoms with E-state index in [1.54, 1.807) is 0 Å². The topological polar surface area (TPSA) is 18.5 Å². The number of fused-ring (bicyclic) bond motifs is 1. The molecule has 3 atom stereocenters. The molecule has 2 saturated carbocycles. The summed E-state index contributed by atoms with van der Waals surface area (Å²) in [5, 5.41) is 0. The molecular formula is C14H22O2. The summed E-state index contributed by atoms with van der Waals surface area (Å²) < 4.78 is 11.8. The highest BCUT2D eigenvalue weighted by atomic mass is 16.7. The Morgan fingerprint density at radius 1 is 1.31 bits per heavy atom. The third-order valence-electron chi connectivity index (χ3n) is 5.26. The van der Waals surface area contributed by atoms with Crippen LogP contribution < -0.4 is 0 Å². The predicted molar refractivity (Wildman–Crippen MR) is 63.0 cm³/mol. The molecule has 0 aromatic carbocycles. The van der Waals surface area contributed by atoms with Crippen LogP contribution in [0.2, 0.25) is 0 Å². The van der Waals surface area contributed by atoms with Crippen LogP contribution in [0.1, 0.15) is 39.5 Å². The van der Waals surface area contributed by atoms with Gasteiger partial charge >= 0.3 is 0 Å². The number of hydrogen-bond donors (Lipinski definition) is 0. The van der Waals surface area contributed by atoms with Crippen LogP contribution >= 0.6 is 0 Å². The van der Waals surface area contributed by atoms with Crippen molar-refractivity contribution in [3.8, 4) is 0 Å². The molecule has 2 aliphatic carbocycles. The highest BCUT2D eigenvalue weighted by Gasteiger charge is 2.56. The fourth-order valence-corrected chi connectivity index (χ4v) is 4.19. The minimum Gasteiger partial charge on any atom is -0.348 e. The average molecular weight is 222 g/mol. The van der Waals surface area contributed by atoms with Gasteiger partial charge < -0.3 is 9.47 Å². The smallest absolute Gasteiger partial charge is 0.169 e. The van der Waals surface area contributed by atoms with Crippen molar-refractivity contribution < 1.29 is 9.47 Å². The molecule has 0 bridgehead atoms. The lowest BCUT2D eigenvalue weighted by atomic mass is 9.63. The molecule has 1 heterocycles. The summed E-state index contributed by atoms with van der Waals surface area (Å²) in [5.74, 6) is 1.17. The Morgan fingerprint density at radius 3 is 2.69 bits per heavy atom. The zero-order valence-electron chi connectivity index (χ0n) is 10.4. The van der Waals surface area contributed by atoms with Gasteiger partial charge in [-0.2, -0.15) is 0 Å². The van der Waals surface area contributed by atoms with E-state index in [-0.39, 0.29) is 5.79 Å². The van der Waals surface area contributed by atoms with Gasteiger partial charge in [-0.15, -0.1) is 0 Å². The molecule has 0 aromatic heterocycles. The van der Waals surface area contributed by atoms with Crippen molar-refractivity contribution in [3.05, 3.63) is 12.2 Å². The molecule has 16 heavy (non-hydrogen) atoms. The summed E-state index contributed by atoms with van der Waals surface area (Å²) in [7, 11) is 0. The molecule has 1 aliphatic heterocycles. The first-order valence-corrected chi connectivity index (χ1v) is 6.51. The van der Waals surface area contributed by atoms with Gasteiger partial charge in [-0.25, -0.2) is 0 Å². The van der Waals surface area contributed by atoms with Crippen LogP contribution in [-0.4, -0.2) is 19.0 Å². The molecule has 0 radical (unpaired) electrons. The highest BCUT2D eigenvalue weighted by molar-refractivity contribution is 5.19. The predicted octanol–water partition coefficient (Wildman–Crippen LogP) is 3.13. The Kier molecular flexibility index (Phi) is 2.25. The van der Waals surface area contributed by atoms with Crippen LogP contribution in [-0.2, 0) is 9.47 Å². The van der Waals surface area contributed by atoms with E-state index in [2.05, 4.69) is 20.4 Å². The second kappa shape index (κ2) is 3.33. The van der Waals surface area contributed by atoms with Crippen LogP contribution in [0.15, 0.2) is 12.2 Å². The van der Waals surface area contributed by atoms with Gasteiger partial charge in [0.25, 0.3) is 0 Å². The second-order valence-corrected chi connectivity index (χ2v) is 6.14. The van der Waals surface area contributed by atoms with Crippen LogP contribution in [0.5, 0.6) is 0 Å². The van der Waals surface area contributed by atoms with E-state index in [4.69, 9.17) is 9.47 Å². The molecule has 3 rings (SSSR count). The van der Waals surface area contributed by atoms with E-state index in [0.717, 1.165) is 32.0 Å². The molecule has 1 spiro atoms. The quantitative estimate of drug-likeness (QED) is 0.586. The summed E-state index contributed by atoms with van der Waals surface area (Å²) in [6.07, 6.45) is 4.50. The first-order chi connectivity index (χ1) is 7.56. The van der Waals surface area contributed by atoms with Gasteiger partial charge in [0.15, 0.2) is 5.79 Å². The van der Waals surface area contributed by atoms with Crippen LogP contribution in [0.25, 0.3) is 0 Å². The van der Waals surface area contributed by atoms with Gasteiger partial charge in [0, 0.05) is 12.8 Å². The lowest BCUT2D eigenvalue weighted by molar-refractivity contribution is -0.210. The van der Waals surface area contributed by atoms with Crippen LogP contribution in [0.4, 0.5) is 0 Å². The largest absolute Gasteiger partial charge is 0.348 e. The van der Waals surface area contributed by atoms with Gasteiger partial charge in [-0.05, 0) is 30.1 Å². The molecule has 1 saturated heterocycles. The third-order valence-corrected chi connectivity index (χ3v) is 5.26. The Balaban J connectivity index is 1.89. The molecule has 0 unspecified atom stereocenters. The molecule has 2 nitrogen and oxygen atoms in total. The minimum atomic E-state index is -0.246. The van der Waals surface area contributed by atoms with Gasteiger partial charge in [-0.1, -0.05) is 26.0 Å². The average Bonchev–Trinajstić information content (AvgIpc) is 2.73.